The van der Waals surface area contributed by atoms with E-state index in [0.29, 0.717) is 0 Å². The highest BCUT2D eigenvalue weighted by atomic mass is 35.5. The summed E-state index contributed by atoms with van der Waals surface area (Å²) in [5.74, 6) is -1.20. The minimum Gasteiger partial charge on any atom is -0.396 e. The zero-order chi connectivity index (χ0) is 16.0. The highest BCUT2D eigenvalue weighted by Crippen LogP contribution is 2.22. The van der Waals surface area contributed by atoms with E-state index in [4.69, 9.17) is 33.6 Å². The summed E-state index contributed by atoms with van der Waals surface area (Å²) in [4.78, 5) is 0. The molecule has 0 amide bonds. The zero-order valence-corrected chi connectivity index (χ0v) is 11.3. The monoisotopic (exact) mass is 306 g/mol. The van der Waals surface area contributed by atoms with E-state index in [1.807, 2.05) is 0 Å². The Balaban J connectivity index is 0.000000211. The molecule has 2 rings (SSSR count). The quantitative estimate of drug-likeness (QED) is 0.730. The summed E-state index contributed by atoms with van der Waals surface area (Å²) in [6.07, 6.45) is 0. The maximum atomic E-state index is 12.7. The lowest BCUT2D eigenvalue weighted by Crippen LogP contribution is -1.92. The summed E-state index contributed by atoms with van der Waals surface area (Å²) >= 11 is 5.48. The predicted octanol–water partition coefficient (Wildman–Crippen LogP) is 3.21. The van der Waals surface area contributed by atoms with Crippen molar-refractivity contribution in [1.82, 2.24) is 0 Å². The number of hydrogen-bond acceptors (Lipinski definition) is 4. The third-order valence-corrected chi connectivity index (χ3v) is 2.65. The first-order valence-corrected chi connectivity index (χ1v) is 5.86. The van der Waals surface area contributed by atoms with Gasteiger partial charge in [0.1, 0.15) is 11.6 Å². The van der Waals surface area contributed by atoms with Crippen LogP contribution >= 0.6 is 11.6 Å². The van der Waals surface area contributed by atoms with Crippen LogP contribution in [0.5, 0.6) is 0 Å². The second kappa shape index (κ2) is 7.09. The van der Waals surface area contributed by atoms with Gasteiger partial charge in [-0.2, -0.15) is 10.5 Å². The lowest BCUT2D eigenvalue weighted by molar-refractivity contribution is 0.631. The van der Waals surface area contributed by atoms with Gasteiger partial charge in [-0.25, -0.2) is 8.78 Å². The highest BCUT2D eigenvalue weighted by molar-refractivity contribution is 6.33. The molecule has 0 unspecified atom stereocenters. The molecule has 4 nitrogen and oxygen atoms in total. The van der Waals surface area contributed by atoms with Crippen molar-refractivity contribution in [2.75, 3.05) is 11.5 Å². The summed E-state index contributed by atoms with van der Waals surface area (Å²) in [6, 6.07) is 9.86. The molecular weight excluding hydrogens is 298 g/mol. The van der Waals surface area contributed by atoms with Gasteiger partial charge in [-0.05, 0) is 30.3 Å². The number of benzene rings is 2. The first-order chi connectivity index (χ1) is 9.88. The minimum atomic E-state index is -0.658. The van der Waals surface area contributed by atoms with E-state index >= 15 is 0 Å². The van der Waals surface area contributed by atoms with Crippen LogP contribution in [0.4, 0.5) is 20.2 Å². The van der Waals surface area contributed by atoms with E-state index < -0.39 is 11.6 Å². The summed E-state index contributed by atoms with van der Waals surface area (Å²) in [6.45, 7) is 0. The molecule has 0 aromatic heterocycles. The smallest absolute Gasteiger partial charge is 0.148 e. The fourth-order valence-electron chi connectivity index (χ4n) is 1.25. The van der Waals surface area contributed by atoms with Crippen molar-refractivity contribution in [3.63, 3.8) is 0 Å². The molecule has 0 aliphatic heterocycles. The van der Waals surface area contributed by atoms with Crippen molar-refractivity contribution in [3.05, 3.63) is 58.1 Å². The average Bonchev–Trinajstić information content (AvgIpc) is 2.47. The fourth-order valence-corrected chi connectivity index (χ4v) is 1.45. The third-order valence-electron chi connectivity index (χ3n) is 2.34. The number of rotatable bonds is 0. The molecule has 0 aliphatic rings. The van der Waals surface area contributed by atoms with Crippen LogP contribution in [0.2, 0.25) is 5.02 Å². The summed E-state index contributed by atoms with van der Waals surface area (Å²) < 4.78 is 25.2. The number of halogens is 3. The molecular formula is C14H9ClF2N4. The van der Waals surface area contributed by atoms with Crippen molar-refractivity contribution >= 4 is 23.0 Å². The molecule has 0 aliphatic carbocycles. The van der Waals surface area contributed by atoms with Crippen LogP contribution in [0.3, 0.4) is 0 Å². The van der Waals surface area contributed by atoms with Gasteiger partial charge in [0.05, 0.1) is 39.7 Å². The van der Waals surface area contributed by atoms with Crippen LogP contribution in [0.25, 0.3) is 0 Å². The van der Waals surface area contributed by atoms with E-state index in [0.717, 1.165) is 12.1 Å². The summed E-state index contributed by atoms with van der Waals surface area (Å²) in [7, 11) is 0. The lowest BCUT2D eigenvalue weighted by atomic mass is 10.2. The average molecular weight is 307 g/mol. The second-order valence-corrected chi connectivity index (χ2v) is 4.22. The number of nitrogen functional groups attached to an aromatic ring is 2. The molecule has 4 N–H and O–H groups in total. The number of nitrogens with two attached hydrogens (primary N) is 2. The zero-order valence-electron chi connectivity index (χ0n) is 10.6. The van der Waals surface area contributed by atoms with Crippen molar-refractivity contribution < 1.29 is 8.78 Å². The predicted molar refractivity (Wildman–Crippen MR) is 76.1 cm³/mol. The molecule has 0 bridgehead atoms. The molecule has 0 atom stereocenters. The summed E-state index contributed by atoms with van der Waals surface area (Å²) in [5.41, 5.74) is 10.7. The maximum Gasteiger partial charge on any atom is 0.148 e. The van der Waals surface area contributed by atoms with Gasteiger partial charge in [-0.15, -0.1) is 0 Å². The van der Waals surface area contributed by atoms with Gasteiger partial charge in [0.25, 0.3) is 0 Å². The molecule has 0 saturated carbocycles. The fraction of sp³-hybridized carbons (Fsp3) is 0. The highest BCUT2D eigenvalue weighted by Gasteiger charge is 2.04. The Morgan fingerprint density at radius 2 is 1.48 bits per heavy atom. The standard InChI is InChI=1S/C7H4ClFN2.C7H5FN2/c8-5-1-4(3-10)2-6(9)7(5)11;8-6-3-5(4-9)1-2-7(6)10/h1-2H,11H2;1-3H,10H2. The third kappa shape index (κ3) is 4.34. The van der Waals surface area contributed by atoms with Gasteiger partial charge in [-0.3, -0.25) is 0 Å². The van der Waals surface area contributed by atoms with Gasteiger partial charge >= 0.3 is 0 Å². The Labute approximate surface area is 124 Å². The van der Waals surface area contributed by atoms with Gasteiger partial charge in [0.2, 0.25) is 0 Å². The van der Waals surface area contributed by atoms with Crippen molar-refractivity contribution in [2.24, 2.45) is 0 Å². The topological polar surface area (TPSA) is 99.6 Å². The molecule has 0 saturated heterocycles. The lowest BCUT2D eigenvalue weighted by Gasteiger charge is -1.98. The molecule has 7 heteroatoms. The van der Waals surface area contributed by atoms with Crippen molar-refractivity contribution in [3.8, 4) is 12.1 Å². The number of nitrogens with zero attached hydrogens (tertiary/aromatic N) is 2. The molecule has 2 aromatic rings. The summed E-state index contributed by atoms with van der Waals surface area (Å²) in [5, 5.41) is 16.7. The van der Waals surface area contributed by atoms with Crippen LogP contribution in [0.15, 0.2) is 30.3 Å². The second-order valence-electron chi connectivity index (χ2n) is 3.81. The Kier molecular flexibility index (Phi) is 5.48. The molecule has 0 radical (unpaired) electrons. The van der Waals surface area contributed by atoms with Crippen molar-refractivity contribution in [2.45, 2.75) is 0 Å². The molecule has 0 heterocycles. The van der Waals surface area contributed by atoms with E-state index in [2.05, 4.69) is 0 Å². The molecule has 2 aromatic carbocycles. The molecule has 21 heavy (non-hydrogen) atoms. The van der Waals surface area contributed by atoms with E-state index in [9.17, 15) is 8.78 Å². The van der Waals surface area contributed by atoms with E-state index in [-0.39, 0.29) is 27.5 Å². The van der Waals surface area contributed by atoms with Crippen LogP contribution in [-0.4, -0.2) is 0 Å². The first kappa shape index (κ1) is 16.2. The number of anilines is 2. The first-order valence-electron chi connectivity index (χ1n) is 5.48. The van der Waals surface area contributed by atoms with E-state index in [1.165, 1.54) is 18.2 Å². The molecule has 0 spiro atoms. The van der Waals surface area contributed by atoms with Gasteiger partial charge in [-0.1, -0.05) is 11.6 Å². The van der Waals surface area contributed by atoms with Gasteiger partial charge < -0.3 is 11.5 Å². The van der Waals surface area contributed by atoms with Crippen molar-refractivity contribution in [1.29, 1.82) is 10.5 Å². The Morgan fingerprint density at radius 1 is 0.905 bits per heavy atom. The van der Waals surface area contributed by atoms with E-state index in [1.54, 1.807) is 12.1 Å². The Bertz CT molecular complexity index is 725. The maximum absolute atomic E-state index is 12.7. The van der Waals surface area contributed by atoms with Crippen LogP contribution in [0.1, 0.15) is 11.1 Å². The molecule has 106 valence electrons. The molecule has 0 fully saturated rings. The Morgan fingerprint density at radius 3 is 1.95 bits per heavy atom. The largest absolute Gasteiger partial charge is 0.396 e. The van der Waals surface area contributed by atoms with Crippen LogP contribution < -0.4 is 11.5 Å². The SMILES string of the molecule is N#Cc1cc(F)c(N)c(Cl)c1.N#Cc1ccc(N)c(F)c1. The van der Waals surface area contributed by atoms with Gasteiger partial charge in [0.15, 0.2) is 0 Å². The normalized spacial score (nSPS) is 9.00. The number of nitriles is 2. The minimum absolute atomic E-state index is 0.0685. The van der Waals surface area contributed by atoms with Gasteiger partial charge in [0, 0.05) is 0 Å². The Hall–Kier alpha value is -2.83. The number of hydrogen-bond donors (Lipinski definition) is 2. The van der Waals surface area contributed by atoms with Crippen LogP contribution in [0, 0.1) is 34.3 Å². The van der Waals surface area contributed by atoms with Crippen LogP contribution in [-0.2, 0) is 0 Å².